The molecule has 0 radical (unpaired) electrons. The largest absolute Gasteiger partial charge is 0.455 e. The Balaban J connectivity index is 2.52. The standard InChI is InChI=1S/C11H15F2NO2S/c1-3-7(2)14-10(15)9-5-4-8(16-9)6-17-11(12)13/h4-5,7,11H,3,6H2,1-2H3,(H,14,15)/t7-/m1/s1. The molecule has 3 nitrogen and oxygen atoms in total. The molecule has 0 aliphatic carbocycles. The van der Waals surface area contributed by atoms with E-state index in [0.717, 1.165) is 6.42 Å². The second-order valence-corrected chi connectivity index (χ2v) is 4.60. The van der Waals surface area contributed by atoms with E-state index in [2.05, 4.69) is 5.32 Å². The SMILES string of the molecule is CC[C@@H](C)NC(=O)c1ccc(CSC(F)F)o1. The Kier molecular flexibility index (Phi) is 5.47. The first-order chi connectivity index (χ1) is 8.02. The van der Waals surface area contributed by atoms with Gasteiger partial charge < -0.3 is 9.73 Å². The Hall–Kier alpha value is -1.04. The quantitative estimate of drug-likeness (QED) is 0.856. The summed E-state index contributed by atoms with van der Waals surface area (Å²) in [5.41, 5.74) is 0. The average Bonchev–Trinajstić information content (AvgIpc) is 2.74. The molecule has 0 aliphatic rings. The lowest BCUT2D eigenvalue weighted by Crippen LogP contribution is -2.31. The van der Waals surface area contributed by atoms with Gasteiger partial charge in [-0.1, -0.05) is 18.7 Å². The lowest BCUT2D eigenvalue weighted by atomic mass is 10.2. The molecule has 1 amide bonds. The van der Waals surface area contributed by atoms with E-state index in [1.165, 1.54) is 6.07 Å². The van der Waals surface area contributed by atoms with Crippen LogP contribution in [-0.4, -0.2) is 17.7 Å². The zero-order valence-corrected chi connectivity index (χ0v) is 10.5. The van der Waals surface area contributed by atoms with E-state index in [1.807, 2.05) is 13.8 Å². The molecule has 0 fully saturated rings. The molecule has 96 valence electrons. The maximum absolute atomic E-state index is 11.9. The van der Waals surface area contributed by atoms with Gasteiger partial charge in [-0.3, -0.25) is 4.79 Å². The highest BCUT2D eigenvalue weighted by Crippen LogP contribution is 2.21. The van der Waals surface area contributed by atoms with Crippen molar-refractivity contribution in [1.29, 1.82) is 0 Å². The van der Waals surface area contributed by atoms with Crippen LogP contribution in [-0.2, 0) is 5.75 Å². The van der Waals surface area contributed by atoms with Crippen LogP contribution >= 0.6 is 11.8 Å². The van der Waals surface area contributed by atoms with Gasteiger partial charge in [0.1, 0.15) is 5.76 Å². The summed E-state index contributed by atoms with van der Waals surface area (Å²) in [6.07, 6.45) is 0.820. The second kappa shape index (κ2) is 6.64. The van der Waals surface area contributed by atoms with Gasteiger partial charge in [0, 0.05) is 6.04 Å². The number of carbonyl (C=O) groups excluding carboxylic acids is 1. The highest BCUT2D eigenvalue weighted by atomic mass is 32.2. The van der Waals surface area contributed by atoms with Crippen molar-refractivity contribution < 1.29 is 18.0 Å². The van der Waals surface area contributed by atoms with E-state index in [9.17, 15) is 13.6 Å². The maximum atomic E-state index is 11.9. The van der Waals surface area contributed by atoms with Gasteiger partial charge in [-0.25, -0.2) is 0 Å². The summed E-state index contributed by atoms with van der Waals surface area (Å²) in [6, 6.07) is 3.10. The minimum Gasteiger partial charge on any atom is -0.455 e. The molecule has 6 heteroatoms. The number of carbonyl (C=O) groups is 1. The second-order valence-electron chi connectivity index (χ2n) is 3.62. The predicted molar refractivity (Wildman–Crippen MR) is 63.2 cm³/mol. The Labute approximate surface area is 103 Å². The summed E-state index contributed by atoms with van der Waals surface area (Å²) in [7, 11) is 0. The van der Waals surface area contributed by atoms with Crippen molar-refractivity contribution in [2.24, 2.45) is 0 Å². The Morgan fingerprint density at radius 2 is 2.24 bits per heavy atom. The number of thioether (sulfide) groups is 1. The van der Waals surface area contributed by atoms with Gasteiger partial charge in [-0.15, -0.1) is 0 Å². The van der Waals surface area contributed by atoms with E-state index < -0.39 is 5.76 Å². The van der Waals surface area contributed by atoms with Crippen LogP contribution in [0.1, 0.15) is 36.6 Å². The van der Waals surface area contributed by atoms with Crippen LogP contribution in [0.15, 0.2) is 16.5 Å². The van der Waals surface area contributed by atoms with Crippen LogP contribution in [0, 0.1) is 0 Å². The number of hydrogen-bond acceptors (Lipinski definition) is 3. The van der Waals surface area contributed by atoms with Crippen LogP contribution < -0.4 is 5.32 Å². The monoisotopic (exact) mass is 263 g/mol. The zero-order valence-electron chi connectivity index (χ0n) is 9.70. The minimum absolute atomic E-state index is 0.0616. The molecule has 0 saturated carbocycles. The third-order valence-electron chi connectivity index (χ3n) is 2.23. The van der Waals surface area contributed by atoms with E-state index in [-0.39, 0.29) is 23.5 Å². The van der Waals surface area contributed by atoms with Gasteiger partial charge in [-0.2, -0.15) is 8.78 Å². The lowest BCUT2D eigenvalue weighted by molar-refractivity contribution is 0.0910. The molecule has 0 unspecified atom stereocenters. The molecule has 1 aromatic heterocycles. The molecule has 0 aliphatic heterocycles. The molecule has 1 rings (SSSR count). The number of alkyl halides is 2. The highest BCUT2D eigenvalue weighted by Gasteiger charge is 2.13. The summed E-state index contributed by atoms with van der Waals surface area (Å²) in [6.45, 7) is 3.84. The third-order valence-corrected chi connectivity index (χ3v) is 2.93. The molecule has 0 spiro atoms. The maximum Gasteiger partial charge on any atom is 0.287 e. The molecule has 1 atom stereocenters. The van der Waals surface area contributed by atoms with Crippen molar-refractivity contribution in [2.75, 3.05) is 0 Å². The first kappa shape index (κ1) is 14.0. The number of halogens is 2. The number of rotatable bonds is 6. The molecular weight excluding hydrogens is 248 g/mol. The number of nitrogens with one attached hydrogen (secondary N) is 1. The predicted octanol–water partition coefficient (Wildman–Crippen LogP) is 3.26. The van der Waals surface area contributed by atoms with Crippen molar-refractivity contribution in [3.05, 3.63) is 23.7 Å². The van der Waals surface area contributed by atoms with Crippen molar-refractivity contribution in [3.63, 3.8) is 0 Å². The summed E-state index contributed by atoms with van der Waals surface area (Å²) < 4.78 is 29.1. The Morgan fingerprint density at radius 1 is 1.53 bits per heavy atom. The molecule has 0 aromatic carbocycles. The van der Waals surface area contributed by atoms with Crippen LogP contribution in [0.2, 0.25) is 0 Å². The fourth-order valence-electron chi connectivity index (χ4n) is 1.12. The van der Waals surface area contributed by atoms with Gasteiger partial charge in [0.2, 0.25) is 0 Å². The molecule has 1 heterocycles. The minimum atomic E-state index is -2.43. The third kappa shape index (κ3) is 4.77. The van der Waals surface area contributed by atoms with Crippen molar-refractivity contribution in [3.8, 4) is 0 Å². The zero-order chi connectivity index (χ0) is 12.8. The van der Waals surface area contributed by atoms with Crippen molar-refractivity contribution in [1.82, 2.24) is 5.32 Å². The van der Waals surface area contributed by atoms with E-state index in [0.29, 0.717) is 17.5 Å². The van der Waals surface area contributed by atoms with Crippen molar-refractivity contribution >= 4 is 17.7 Å². The number of furan rings is 1. The van der Waals surface area contributed by atoms with Crippen LogP contribution in [0.4, 0.5) is 8.78 Å². The Morgan fingerprint density at radius 3 is 2.82 bits per heavy atom. The number of amides is 1. The normalized spacial score (nSPS) is 12.8. The van der Waals surface area contributed by atoms with Gasteiger partial charge in [0.15, 0.2) is 5.76 Å². The van der Waals surface area contributed by atoms with Gasteiger partial charge in [0.05, 0.1) is 5.75 Å². The Bertz CT molecular complexity index is 368. The first-order valence-corrected chi connectivity index (χ1v) is 6.37. The van der Waals surface area contributed by atoms with Crippen LogP contribution in [0.25, 0.3) is 0 Å². The molecule has 0 saturated heterocycles. The lowest BCUT2D eigenvalue weighted by Gasteiger charge is -2.09. The highest BCUT2D eigenvalue weighted by molar-refractivity contribution is 7.98. The summed E-state index contributed by atoms with van der Waals surface area (Å²) in [5, 5.41) is 2.74. The van der Waals surface area contributed by atoms with Gasteiger partial charge in [-0.05, 0) is 25.5 Å². The van der Waals surface area contributed by atoms with E-state index in [1.54, 1.807) is 6.07 Å². The first-order valence-electron chi connectivity index (χ1n) is 5.32. The fraction of sp³-hybridized carbons (Fsp3) is 0.545. The van der Waals surface area contributed by atoms with Crippen LogP contribution in [0.5, 0.6) is 0 Å². The molecule has 1 N–H and O–H groups in total. The molecule has 17 heavy (non-hydrogen) atoms. The number of hydrogen-bond donors (Lipinski definition) is 1. The molecule has 1 aromatic rings. The van der Waals surface area contributed by atoms with Gasteiger partial charge in [0.25, 0.3) is 11.7 Å². The fourth-order valence-corrected chi connectivity index (χ4v) is 1.57. The average molecular weight is 263 g/mol. The van der Waals surface area contributed by atoms with Crippen LogP contribution in [0.3, 0.4) is 0 Å². The summed E-state index contributed by atoms with van der Waals surface area (Å²) >= 11 is 0.469. The molecular formula is C11H15F2NO2S. The topological polar surface area (TPSA) is 42.2 Å². The van der Waals surface area contributed by atoms with E-state index in [4.69, 9.17) is 4.42 Å². The summed E-state index contributed by atoms with van der Waals surface area (Å²) in [4.78, 5) is 11.6. The van der Waals surface area contributed by atoms with Crippen molar-refractivity contribution in [2.45, 2.75) is 37.8 Å². The smallest absolute Gasteiger partial charge is 0.287 e. The summed E-state index contributed by atoms with van der Waals surface area (Å²) in [5.74, 6) is -2.14. The van der Waals surface area contributed by atoms with Gasteiger partial charge >= 0.3 is 0 Å². The molecule has 0 bridgehead atoms. The van der Waals surface area contributed by atoms with E-state index >= 15 is 0 Å².